The first-order valence-corrected chi connectivity index (χ1v) is 13.7. The number of ether oxygens (including phenoxy) is 1. The molecule has 0 atom stereocenters. The van der Waals surface area contributed by atoms with Gasteiger partial charge in [0.05, 0.1) is 12.0 Å². The van der Waals surface area contributed by atoms with Crippen molar-refractivity contribution < 1.29 is 9.53 Å². The Kier molecular flexibility index (Phi) is 5.41. The molecule has 1 aliphatic heterocycles. The molecular formula is C27H33NO2S2. The maximum Gasteiger partial charge on any atom is 0.266 e. The summed E-state index contributed by atoms with van der Waals surface area (Å²) in [5.41, 5.74) is 2.83. The highest BCUT2D eigenvalue weighted by Crippen LogP contribution is 2.61. The first-order chi connectivity index (χ1) is 15.5. The van der Waals surface area contributed by atoms with Crippen LogP contribution in [0.3, 0.4) is 0 Å². The summed E-state index contributed by atoms with van der Waals surface area (Å²) in [7, 11) is 1.73. The van der Waals surface area contributed by atoms with Crippen LogP contribution in [0.4, 0.5) is 0 Å². The number of methoxy groups -OCH3 is 1. The van der Waals surface area contributed by atoms with Gasteiger partial charge in [0, 0.05) is 11.6 Å². The van der Waals surface area contributed by atoms with Gasteiger partial charge in [-0.1, -0.05) is 49.3 Å². The van der Waals surface area contributed by atoms with Crippen molar-refractivity contribution in [3.63, 3.8) is 0 Å². The molecule has 3 nitrogen and oxygen atoms in total. The number of nitrogens with zero attached hydrogens (tertiary/aromatic N) is 1. The molecule has 170 valence electrons. The highest BCUT2D eigenvalue weighted by Gasteiger charge is 2.51. The van der Waals surface area contributed by atoms with Gasteiger partial charge in [-0.05, 0) is 98.3 Å². The number of amides is 1. The van der Waals surface area contributed by atoms with Gasteiger partial charge in [0.1, 0.15) is 10.1 Å². The monoisotopic (exact) mass is 467 g/mol. The molecule has 1 aromatic rings. The lowest BCUT2D eigenvalue weighted by Gasteiger charge is -2.57. The molecule has 1 aromatic carbocycles. The molecular weight excluding hydrogens is 434 g/mol. The lowest BCUT2D eigenvalue weighted by Crippen LogP contribution is -2.48. The Labute approximate surface area is 201 Å². The summed E-state index contributed by atoms with van der Waals surface area (Å²) >= 11 is 7.12. The molecule has 6 aliphatic rings. The molecule has 6 fully saturated rings. The van der Waals surface area contributed by atoms with Crippen LogP contribution in [-0.2, 0) is 10.2 Å². The van der Waals surface area contributed by atoms with Crippen LogP contribution in [0.25, 0.3) is 6.08 Å². The van der Waals surface area contributed by atoms with E-state index < -0.39 is 0 Å². The summed E-state index contributed by atoms with van der Waals surface area (Å²) in [6.07, 6.45) is 16.2. The number of benzene rings is 1. The molecule has 1 heterocycles. The lowest BCUT2D eigenvalue weighted by atomic mass is 9.48. The van der Waals surface area contributed by atoms with Crippen LogP contribution >= 0.6 is 24.0 Å². The predicted octanol–water partition coefficient (Wildman–Crippen LogP) is 6.70. The zero-order valence-corrected chi connectivity index (χ0v) is 20.6. The standard InChI is InChI=1S/C27H33NO2S2/c1-30-23-8-7-21(27-14-17-9-18(15-27)11-19(10-17)16-27)12-20(23)13-24-25(29)28(26(31)32-24)22-5-3-2-4-6-22/h7-8,12-13,17-19,22H,2-6,9-11,14-16H2,1H3/b24-13-. The van der Waals surface area contributed by atoms with Crippen molar-refractivity contribution in [2.75, 3.05) is 7.11 Å². The van der Waals surface area contributed by atoms with Gasteiger partial charge in [0.25, 0.3) is 5.91 Å². The molecule has 32 heavy (non-hydrogen) atoms. The predicted molar refractivity (Wildman–Crippen MR) is 135 cm³/mol. The Balaban J connectivity index is 1.32. The Bertz CT molecular complexity index is 943. The SMILES string of the molecule is COc1ccc(C23CC4CC(CC(C4)C2)C3)cc1/C=C1\SC(=S)N(C2CCCCC2)C1=O. The first-order valence-electron chi connectivity index (χ1n) is 12.5. The third-order valence-corrected chi connectivity index (χ3v) is 10.3. The van der Waals surface area contributed by atoms with Crippen molar-refractivity contribution in [1.82, 2.24) is 4.90 Å². The number of thioether (sulfide) groups is 1. The Hall–Kier alpha value is -1.33. The van der Waals surface area contributed by atoms with Gasteiger partial charge >= 0.3 is 0 Å². The quantitative estimate of drug-likeness (QED) is 0.364. The van der Waals surface area contributed by atoms with Crippen LogP contribution in [0.2, 0.25) is 0 Å². The maximum absolute atomic E-state index is 13.3. The summed E-state index contributed by atoms with van der Waals surface area (Å²) in [6.45, 7) is 0. The van der Waals surface area contributed by atoms with Gasteiger partial charge < -0.3 is 4.74 Å². The summed E-state index contributed by atoms with van der Waals surface area (Å²) in [5, 5.41) is 0. The molecule has 1 amide bonds. The van der Waals surface area contributed by atoms with Crippen molar-refractivity contribution >= 4 is 40.3 Å². The second-order valence-corrected chi connectivity index (χ2v) is 12.7. The number of hydrogen-bond donors (Lipinski definition) is 0. The zero-order valence-electron chi connectivity index (χ0n) is 19.0. The van der Waals surface area contributed by atoms with Crippen molar-refractivity contribution in [3.05, 3.63) is 34.2 Å². The summed E-state index contributed by atoms with van der Waals surface area (Å²) in [5.74, 6) is 3.69. The average Bonchev–Trinajstić information content (AvgIpc) is 3.06. The largest absolute Gasteiger partial charge is 0.496 e. The summed E-state index contributed by atoms with van der Waals surface area (Å²) in [4.78, 5) is 16.0. The fraction of sp³-hybridized carbons (Fsp3) is 0.630. The van der Waals surface area contributed by atoms with Gasteiger partial charge in [0.2, 0.25) is 0 Å². The number of rotatable bonds is 4. The van der Waals surface area contributed by atoms with E-state index in [-0.39, 0.29) is 11.9 Å². The normalized spacial score (nSPS) is 35.8. The minimum atomic E-state index is 0.0918. The van der Waals surface area contributed by atoms with Crippen LogP contribution in [0, 0.1) is 17.8 Å². The molecule has 0 radical (unpaired) electrons. The van der Waals surface area contributed by atoms with Gasteiger partial charge in [0.15, 0.2) is 0 Å². The Morgan fingerprint density at radius 2 is 1.72 bits per heavy atom. The van der Waals surface area contributed by atoms with Crippen molar-refractivity contribution in [2.45, 2.75) is 82.1 Å². The van der Waals surface area contributed by atoms with E-state index in [1.807, 2.05) is 11.0 Å². The third-order valence-electron chi connectivity index (χ3n) is 8.93. The van der Waals surface area contributed by atoms with Gasteiger partial charge in [-0.2, -0.15) is 0 Å². The molecule has 1 saturated heterocycles. The molecule has 7 rings (SSSR count). The fourth-order valence-corrected chi connectivity index (χ4v) is 9.31. The molecule has 0 N–H and O–H groups in total. The molecule has 0 aromatic heterocycles. The van der Waals surface area contributed by atoms with Crippen LogP contribution in [0.1, 0.15) is 81.8 Å². The van der Waals surface area contributed by atoms with E-state index in [4.69, 9.17) is 17.0 Å². The minimum absolute atomic E-state index is 0.0918. The van der Waals surface area contributed by atoms with E-state index in [1.165, 1.54) is 75.1 Å². The smallest absolute Gasteiger partial charge is 0.266 e. The molecule has 5 aliphatic carbocycles. The van der Waals surface area contributed by atoms with Crippen LogP contribution < -0.4 is 4.74 Å². The lowest BCUT2D eigenvalue weighted by molar-refractivity contribution is -0.124. The highest BCUT2D eigenvalue weighted by atomic mass is 32.2. The van der Waals surface area contributed by atoms with Crippen LogP contribution in [0.15, 0.2) is 23.1 Å². The number of thiocarbonyl (C=S) groups is 1. The Morgan fingerprint density at radius 3 is 2.34 bits per heavy atom. The number of carbonyl (C=O) groups is 1. The van der Waals surface area contributed by atoms with E-state index in [2.05, 4.69) is 18.2 Å². The van der Waals surface area contributed by atoms with Gasteiger partial charge in [-0.3, -0.25) is 9.69 Å². The van der Waals surface area contributed by atoms with Crippen molar-refractivity contribution in [2.24, 2.45) is 17.8 Å². The van der Waals surface area contributed by atoms with Crippen LogP contribution in [0.5, 0.6) is 5.75 Å². The maximum atomic E-state index is 13.3. The molecule has 4 bridgehead atoms. The summed E-state index contributed by atoms with van der Waals surface area (Å²) < 4.78 is 6.45. The highest BCUT2D eigenvalue weighted by molar-refractivity contribution is 8.26. The summed E-state index contributed by atoms with van der Waals surface area (Å²) in [6, 6.07) is 7.04. The molecule has 0 spiro atoms. The van der Waals surface area contributed by atoms with E-state index in [0.29, 0.717) is 5.41 Å². The topological polar surface area (TPSA) is 29.5 Å². The van der Waals surface area contributed by atoms with E-state index in [9.17, 15) is 4.79 Å². The zero-order chi connectivity index (χ0) is 21.9. The van der Waals surface area contributed by atoms with Crippen molar-refractivity contribution in [1.29, 1.82) is 0 Å². The second kappa shape index (κ2) is 8.16. The Morgan fingerprint density at radius 1 is 1.06 bits per heavy atom. The van der Waals surface area contributed by atoms with Crippen molar-refractivity contribution in [3.8, 4) is 5.75 Å². The van der Waals surface area contributed by atoms with E-state index >= 15 is 0 Å². The van der Waals surface area contributed by atoms with Gasteiger partial charge in [-0.15, -0.1) is 0 Å². The average molecular weight is 468 g/mol. The second-order valence-electron chi connectivity index (χ2n) is 11.0. The molecule has 5 saturated carbocycles. The minimum Gasteiger partial charge on any atom is -0.496 e. The van der Waals surface area contributed by atoms with Gasteiger partial charge in [-0.25, -0.2) is 0 Å². The van der Waals surface area contributed by atoms with Crippen LogP contribution in [-0.4, -0.2) is 28.3 Å². The van der Waals surface area contributed by atoms with E-state index in [0.717, 1.165) is 51.1 Å². The number of carbonyl (C=O) groups excluding carboxylic acids is 1. The van der Waals surface area contributed by atoms with E-state index in [1.54, 1.807) is 7.11 Å². The molecule has 0 unspecified atom stereocenters. The first kappa shape index (κ1) is 21.2. The third kappa shape index (κ3) is 3.55. The molecule has 5 heteroatoms. The number of hydrogen-bond acceptors (Lipinski definition) is 4. The fourth-order valence-electron chi connectivity index (χ4n) is 7.92.